The Bertz CT molecular complexity index is 2420. The van der Waals surface area contributed by atoms with Crippen LogP contribution in [-0.2, 0) is 10.0 Å². The smallest absolute Gasteiger partial charge is 0.255 e. The molecule has 0 unspecified atom stereocenters. The first-order valence-electron chi connectivity index (χ1n) is 15.5. The number of carbonyl (C=O) groups excluding carboxylic acids is 1. The topological polar surface area (TPSA) is 139 Å². The van der Waals surface area contributed by atoms with E-state index < -0.39 is 27.4 Å². The molecule has 0 saturated heterocycles. The molecule has 0 spiro atoms. The second-order valence-corrected chi connectivity index (χ2v) is 14.2. The number of aromatic nitrogens is 1. The van der Waals surface area contributed by atoms with Gasteiger partial charge in [-0.25, -0.2) is 22.2 Å². The average molecular weight is 699 g/mol. The SMILES string of the molecule is CNC(=O)c1c(-c2ccc(F)cc2)oc2cc(N(CCC(C)(C)F)S(C)(=O)=O)c(-c3ccc(OC)c(-c4nc5c(C#N)cccc5o4)c3)cc12. The third-order valence-electron chi connectivity index (χ3n) is 8.23. The summed E-state index contributed by atoms with van der Waals surface area (Å²) in [6, 6.07) is 20.7. The molecular weight excluding hydrogens is 666 g/mol. The summed E-state index contributed by atoms with van der Waals surface area (Å²) in [7, 11) is -1.07. The highest BCUT2D eigenvalue weighted by molar-refractivity contribution is 7.92. The van der Waals surface area contributed by atoms with Crippen molar-refractivity contribution < 1.29 is 35.6 Å². The lowest BCUT2D eigenvalue weighted by molar-refractivity contribution is 0.0964. The molecule has 256 valence electrons. The lowest BCUT2D eigenvalue weighted by Gasteiger charge is -2.27. The summed E-state index contributed by atoms with van der Waals surface area (Å²) >= 11 is 0. The van der Waals surface area contributed by atoms with Crippen LogP contribution in [0.5, 0.6) is 5.75 Å². The Labute approximate surface area is 286 Å². The van der Waals surface area contributed by atoms with Gasteiger partial charge in [-0.2, -0.15) is 5.26 Å². The minimum atomic E-state index is -4.00. The summed E-state index contributed by atoms with van der Waals surface area (Å²) in [5.41, 5.74) is 1.50. The van der Waals surface area contributed by atoms with Crippen molar-refractivity contribution in [2.24, 2.45) is 0 Å². The van der Waals surface area contributed by atoms with E-state index in [0.29, 0.717) is 50.1 Å². The first-order chi connectivity index (χ1) is 23.7. The van der Waals surface area contributed by atoms with E-state index in [1.165, 1.54) is 58.3 Å². The van der Waals surface area contributed by atoms with Crippen LogP contribution in [0.25, 0.3) is 56.0 Å². The van der Waals surface area contributed by atoms with Crippen molar-refractivity contribution in [2.75, 3.05) is 31.3 Å². The molecule has 2 aromatic heterocycles. The molecular formula is C37H32F2N4O6S. The Balaban J connectivity index is 1.66. The maximum Gasteiger partial charge on any atom is 0.255 e. The van der Waals surface area contributed by atoms with Crippen LogP contribution < -0.4 is 14.4 Å². The third kappa shape index (κ3) is 6.49. The first-order valence-corrected chi connectivity index (χ1v) is 17.3. The number of nitrogens with zero attached hydrogens (tertiary/aromatic N) is 3. The number of anilines is 1. The summed E-state index contributed by atoms with van der Waals surface area (Å²) in [5.74, 6) is -0.289. The van der Waals surface area contributed by atoms with Gasteiger partial charge in [0.15, 0.2) is 5.58 Å². The molecule has 0 aliphatic carbocycles. The van der Waals surface area contributed by atoms with Crippen LogP contribution in [0.4, 0.5) is 14.5 Å². The zero-order chi connectivity index (χ0) is 36.0. The van der Waals surface area contributed by atoms with Crippen LogP contribution >= 0.6 is 0 Å². The van der Waals surface area contributed by atoms with Crippen molar-refractivity contribution in [1.82, 2.24) is 10.3 Å². The predicted octanol–water partition coefficient (Wildman–Crippen LogP) is 7.86. The van der Waals surface area contributed by atoms with Crippen LogP contribution in [0.1, 0.15) is 36.2 Å². The Morgan fingerprint density at radius 1 is 1.02 bits per heavy atom. The highest BCUT2D eigenvalue weighted by Crippen LogP contribution is 2.44. The molecule has 6 rings (SSSR count). The fraction of sp³-hybridized carbons (Fsp3) is 0.216. The van der Waals surface area contributed by atoms with Crippen molar-refractivity contribution in [1.29, 1.82) is 5.26 Å². The quantitative estimate of drug-likeness (QED) is 0.153. The van der Waals surface area contributed by atoms with Gasteiger partial charge in [-0.1, -0.05) is 12.1 Å². The summed E-state index contributed by atoms with van der Waals surface area (Å²) in [6.45, 7) is 2.52. The van der Waals surface area contributed by atoms with Crippen molar-refractivity contribution in [3.8, 4) is 45.7 Å². The van der Waals surface area contributed by atoms with E-state index in [0.717, 1.165) is 10.6 Å². The van der Waals surface area contributed by atoms with Crippen LogP contribution in [0, 0.1) is 17.1 Å². The number of alkyl halides is 1. The number of rotatable bonds is 10. The molecule has 2 heterocycles. The van der Waals surface area contributed by atoms with Gasteiger partial charge in [-0.15, -0.1) is 0 Å². The Hall–Kier alpha value is -5.74. The number of hydrogen-bond acceptors (Lipinski definition) is 8. The number of furan rings is 1. The number of halogens is 2. The van der Waals surface area contributed by atoms with E-state index in [4.69, 9.17) is 13.6 Å². The number of oxazole rings is 1. The number of sulfonamides is 1. The number of hydrogen-bond donors (Lipinski definition) is 1. The largest absolute Gasteiger partial charge is 0.496 e. The number of carbonyl (C=O) groups is 1. The Kier molecular flexibility index (Phi) is 8.84. The monoisotopic (exact) mass is 698 g/mol. The highest BCUT2D eigenvalue weighted by Gasteiger charge is 2.29. The predicted molar refractivity (Wildman–Crippen MR) is 187 cm³/mol. The molecule has 13 heteroatoms. The Morgan fingerprint density at radius 3 is 2.38 bits per heavy atom. The number of ether oxygens (including phenoxy) is 1. The van der Waals surface area contributed by atoms with Crippen molar-refractivity contribution in [3.63, 3.8) is 0 Å². The van der Waals surface area contributed by atoms with Gasteiger partial charge in [0.1, 0.15) is 40.2 Å². The van der Waals surface area contributed by atoms with Crippen LogP contribution in [0.3, 0.4) is 0 Å². The van der Waals surface area contributed by atoms with E-state index in [1.807, 2.05) is 0 Å². The summed E-state index contributed by atoms with van der Waals surface area (Å²) in [5, 5.41) is 12.6. The molecule has 4 aromatic carbocycles. The zero-order valence-corrected chi connectivity index (χ0v) is 28.6. The molecule has 0 atom stereocenters. The fourth-order valence-corrected chi connectivity index (χ4v) is 6.68. The van der Waals surface area contributed by atoms with Crippen molar-refractivity contribution in [3.05, 3.63) is 89.7 Å². The lowest BCUT2D eigenvalue weighted by atomic mass is 9.96. The maximum absolute atomic E-state index is 14.8. The second kappa shape index (κ2) is 12.9. The molecule has 0 bridgehead atoms. The summed E-state index contributed by atoms with van der Waals surface area (Å²) in [4.78, 5) is 18.0. The minimum Gasteiger partial charge on any atom is -0.496 e. The molecule has 1 N–H and O–H groups in total. The van der Waals surface area contributed by atoms with Gasteiger partial charge in [0.25, 0.3) is 5.91 Å². The van der Waals surface area contributed by atoms with E-state index in [1.54, 1.807) is 42.5 Å². The minimum absolute atomic E-state index is 0.127. The molecule has 0 fully saturated rings. The molecule has 10 nitrogen and oxygen atoms in total. The molecule has 0 aliphatic heterocycles. The molecule has 1 amide bonds. The summed E-state index contributed by atoms with van der Waals surface area (Å²) in [6.07, 6.45) is 0.900. The van der Waals surface area contributed by atoms with Gasteiger partial charge < -0.3 is 18.9 Å². The second-order valence-electron chi connectivity index (χ2n) is 12.3. The van der Waals surface area contributed by atoms with Crippen LogP contribution in [-0.4, -0.2) is 51.9 Å². The highest BCUT2D eigenvalue weighted by atomic mass is 32.2. The molecule has 0 radical (unpaired) electrons. The van der Waals surface area contributed by atoms with E-state index in [2.05, 4.69) is 16.4 Å². The normalized spacial score (nSPS) is 11.9. The average Bonchev–Trinajstić information content (AvgIpc) is 3.68. The number of fused-ring (bicyclic) bond motifs is 2. The number of nitrogens with one attached hydrogen (secondary N) is 1. The van der Waals surface area contributed by atoms with Gasteiger partial charge in [0, 0.05) is 36.2 Å². The number of amides is 1. The van der Waals surface area contributed by atoms with Gasteiger partial charge in [0.2, 0.25) is 15.9 Å². The third-order valence-corrected chi connectivity index (χ3v) is 9.41. The number of nitriles is 1. The van der Waals surface area contributed by atoms with Crippen molar-refractivity contribution >= 4 is 43.7 Å². The number of benzene rings is 4. The van der Waals surface area contributed by atoms with E-state index in [-0.39, 0.29) is 41.5 Å². The van der Waals surface area contributed by atoms with Crippen LogP contribution in [0.2, 0.25) is 0 Å². The van der Waals surface area contributed by atoms with Gasteiger partial charge in [-0.05, 0) is 80.4 Å². The number of para-hydroxylation sites is 1. The zero-order valence-electron chi connectivity index (χ0n) is 27.8. The molecule has 0 saturated carbocycles. The maximum atomic E-state index is 14.8. The lowest BCUT2D eigenvalue weighted by Crippen LogP contribution is -2.34. The standard InChI is InChI=1S/C37H32F2N4O6S/c1-37(2,39)15-16-43(50(5,45)46)28-19-31-26(32(35(44)41-3)34(48-31)21-9-12-24(38)13-10-21)18-25(28)22-11-14-29(47-4)27(17-22)36-42-33-23(20-40)7-6-8-30(33)49-36/h6-14,17-19H,15-16H2,1-5H3,(H,41,44). The number of methoxy groups -OCH3 is 1. The van der Waals surface area contributed by atoms with E-state index >= 15 is 0 Å². The van der Waals surface area contributed by atoms with Gasteiger partial charge in [0.05, 0.1) is 35.7 Å². The molecule has 0 aliphatic rings. The first kappa shape index (κ1) is 34.1. The molecule has 50 heavy (non-hydrogen) atoms. The fourth-order valence-electron chi connectivity index (χ4n) is 5.75. The Morgan fingerprint density at radius 2 is 1.74 bits per heavy atom. The summed E-state index contributed by atoms with van der Waals surface area (Å²) < 4.78 is 74.5. The van der Waals surface area contributed by atoms with E-state index in [9.17, 15) is 27.3 Å². The van der Waals surface area contributed by atoms with Crippen LogP contribution in [0.15, 0.2) is 81.6 Å². The van der Waals surface area contributed by atoms with Crippen molar-refractivity contribution in [2.45, 2.75) is 25.9 Å². The van der Waals surface area contributed by atoms with Gasteiger partial charge >= 0.3 is 0 Å². The molecule has 6 aromatic rings. The van der Waals surface area contributed by atoms with Gasteiger partial charge in [-0.3, -0.25) is 9.10 Å².